The molecule has 0 aliphatic carbocycles. The lowest BCUT2D eigenvalue weighted by molar-refractivity contribution is 0.417. The molecule has 0 aliphatic rings. The molecule has 1 heterocycles. The lowest BCUT2D eigenvalue weighted by Gasteiger charge is -2.22. The van der Waals surface area contributed by atoms with Crippen molar-refractivity contribution in [2.45, 2.75) is 13.8 Å². The van der Waals surface area contributed by atoms with Gasteiger partial charge >= 0.3 is 0 Å². The molecule has 128 valence electrons. The number of rotatable bonds is 6. The zero-order valence-electron chi connectivity index (χ0n) is 14.7. The number of hydrogen-bond donors (Lipinski definition) is 1. The van der Waals surface area contributed by atoms with Crippen LogP contribution in [0.25, 0.3) is 0 Å². The Kier molecular flexibility index (Phi) is 5.14. The van der Waals surface area contributed by atoms with E-state index in [2.05, 4.69) is 34.3 Å². The van der Waals surface area contributed by atoms with Gasteiger partial charge in [0.2, 0.25) is 5.95 Å². The maximum Gasteiger partial charge on any atom is 0.232 e. The van der Waals surface area contributed by atoms with Crippen molar-refractivity contribution in [2.75, 3.05) is 23.9 Å². The molecule has 0 saturated heterocycles. The van der Waals surface area contributed by atoms with Gasteiger partial charge in [-0.1, -0.05) is 30.3 Å². The van der Waals surface area contributed by atoms with Gasteiger partial charge in [0.05, 0.1) is 12.8 Å². The second-order valence-electron chi connectivity index (χ2n) is 5.60. The summed E-state index contributed by atoms with van der Waals surface area (Å²) in [5.41, 5.74) is 2.84. The molecule has 2 aromatic carbocycles. The Hall–Kier alpha value is -3.08. The summed E-state index contributed by atoms with van der Waals surface area (Å²) in [5, 5.41) is 3.33. The van der Waals surface area contributed by atoms with Gasteiger partial charge in [-0.2, -0.15) is 4.98 Å². The summed E-state index contributed by atoms with van der Waals surface area (Å²) in [6, 6.07) is 19.9. The third-order valence-electron chi connectivity index (χ3n) is 3.84. The SMILES string of the molecule is CCN(c1ccccc1)c1nc(C)cc(Nc2ccccc2OC)n1. The minimum absolute atomic E-state index is 0.672. The number of benzene rings is 2. The van der Waals surface area contributed by atoms with E-state index in [1.54, 1.807) is 7.11 Å². The van der Waals surface area contributed by atoms with Gasteiger partial charge in [-0.15, -0.1) is 0 Å². The second-order valence-corrected chi connectivity index (χ2v) is 5.60. The van der Waals surface area contributed by atoms with Crippen molar-refractivity contribution in [3.63, 3.8) is 0 Å². The first-order valence-corrected chi connectivity index (χ1v) is 8.29. The van der Waals surface area contributed by atoms with Crippen LogP contribution in [0.1, 0.15) is 12.6 Å². The number of hydrogen-bond acceptors (Lipinski definition) is 5. The smallest absolute Gasteiger partial charge is 0.232 e. The van der Waals surface area contributed by atoms with Crippen molar-refractivity contribution in [3.05, 3.63) is 66.4 Å². The van der Waals surface area contributed by atoms with Gasteiger partial charge < -0.3 is 15.0 Å². The van der Waals surface area contributed by atoms with Crippen LogP contribution in [0, 0.1) is 6.92 Å². The lowest BCUT2D eigenvalue weighted by Crippen LogP contribution is -2.19. The van der Waals surface area contributed by atoms with Crippen LogP contribution in [0.4, 0.5) is 23.1 Å². The Morgan fingerprint density at radius 3 is 2.44 bits per heavy atom. The van der Waals surface area contributed by atoms with Crippen molar-refractivity contribution >= 4 is 23.1 Å². The number of methoxy groups -OCH3 is 1. The predicted molar refractivity (Wildman–Crippen MR) is 102 cm³/mol. The van der Waals surface area contributed by atoms with Gasteiger partial charge in [-0.25, -0.2) is 4.98 Å². The molecule has 25 heavy (non-hydrogen) atoms. The monoisotopic (exact) mass is 334 g/mol. The second kappa shape index (κ2) is 7.66. The molecule has 0 bridgehead atoms. The predicted octanol–water partition coefficient (Wildman–Crippen LogP) is 4.70. The zero-order chi connectivity index (χ0) is 17.6. The average Bonchev–Trinajstić information content (AvgIpc) is 2.63. The molecule has 3 rings (SSSR count). The van der Waals surface area contributed by atoms with E-state index >= 15 is 0 Å². The third kappa shape index (κ3) is 3.88. The summed E-state index contributed by atoms with van der Waals surface area (Å²) in [7, 11) is 1.66. The van der Waals surface area contributed by atoms with Crippen molar-refractivity contribution in [1.82, 2.24) is 9.97 Å². The first-order chi connectivity index (χ1) is 12.2. The maximum atomic E-state index is 5.40. The summed E-state index contributed by atoms with van der Waals surface area (Å²) < 4.78 is 5.40. The fourth-order valence-corrected chi connectivity index (χ4v) is 2.67. The molecular formula is C20H22N4O. The van der Waals surface area contributed by atoms with E-state index in [-0.39, 0.29) is 0 Å². The van der Waals surface area contributed by atoms with E-state index in [0.717, 1.165) is 35.2 Å². The van der Waals surface area contributed by atoms with Crippen LogP contribution in [0.3, 0.4) is 0 Å². The Bertz CT molecular complexity index is 836. The molecule has 0 radical (unpaired) electrons. The Morgan fingerprint density at radius 1 is 1.00 bits per heavy atom. The van der Waals surface area contributed by atoms with E-state index in [1.165, 1.54) is 0 Å². The molecule has 0 saturated carbocycles. The van der Waals surface area contributed by atoms with E-state index in [0.29, 0.717) is 5.95 Å². The minimum Gasteiger partial charge on any atom is -0.495 e. The number of nitrogens with one attached hydrogen (secondary N) is 1. The highest BCUT2D eigenvalue weighted by molar-refractivity contribution is 5.66. The molecule has 0 atom stereocenters. The zero-order valence-corrected chi connectivity index (χ0v) is 14.7. The van der Waals surface area contributed by atoms with Gasteiger partial charge in [-0.3, -0.25) is 0 Å². The molecule has 0 aliphatic heterocycles. The van der Waals surface area contributed by atoms with Crippen LogP contribution in [0.5, 0.6) is 5.75 Å². The quantitative estimate of drug-likeness (QED) is 0.708. The summed E-state index contributed by atoms with van der Waals surface area (Å²) in [4.78, 5) is 11.4. The highest BCUT2D eigenvalue weighted by Gasteiger charge is 2.12. The molecule has 1 N–H and O–H groups in total. The van der Waals surface area contributed by atoms with Crippen LogP contribution in [-0.2, 0) is 0 Å². The largest absolute Gasteiger partial charge is 0.495 e. The maximum absolute atomic E-state index is 5.40. The number of para-hydroxylation sites is 3. The standard InChI is InChI=1S/C20H22N4O/c1-4-24(16-10-6-5-7-11-16)20-21-15(2)14-19(23-20)22-17-12-8-9-13-18(17)25-3/h5-14H,4H2,1-3H3,(H,21,22,23). The summed E-state index contributed by atoms with van der Waals surface area (Å²) in [6.07, 6.45) is 0. The molecule has 0 amide bonds. The Balaban J connectivity index is 1.95. The Morgan fingerprint density at radius 2 is 1.72 bits per heavy atom. The molecule has 5 nitrogen and oxygen atoms in total. The molecule has 3 aromatic rings. The molecule has 0 fully saturated rings. The van der Waals surface area contributed by atoms with Crippen LogP contribution < -0.4 is 15.0 Å². The Labute approximate surface area is 148 Å². The van der Waals surface area contributed by atoms with Gasteiger partial charge in [0.1, 0.15) is 11.6 Å². The normalized spacial score (nSPS) is 10.4. The van der Waals surface area contributed by atoms with Crippen LogP contribution >= 0.6 is 0 Å². The summed E-state index contributed by atoms with van der Waals surface area (Å²) >= 11 is 0. The molecule has 0 unspecified atom stereocenters. The van der Waals surface area contributed by atoms with E-state index < -0.39 is 0 Å². The van der Waals surface area contributed by atoms with Crippen LogP contribution in [-0.4, -0.2) is 23.6 Å². The van der Waals surface area contributed by atoms with Crippen LogP contribution in [0.15, 0.2) is 60.7 Å². The number of ether oxygens (including phenoxy) is 1. The van der Waals surface area contributed by atoms with E-state index in [4.69, 9.17) is 9.72 Å². The first-order valence-electron chi connectivity index (χ1n) is 8.29. The first kappa shape index (κ1) is 16.8. The van der Waals surface area contributed by atoms with Crippen molar-refractivity contribution in [1.29, 1.82) is 0 Å². The van der Waals surface area contributed by atoms with Gasteiger partial charge in [-0.05, 0) is 38.1 Å². The van der Waals surface area contributed by atoms with E-state index in [9.17, 15) is 0 Å². The van der Waals surface area contributed by atoms with Crippen molar-refractivity contribution < 1.29 is 4.74 Å². The molecule has 1 aromatic heterocycles. The fourth-order valence-electron chi connectivity index (χ4n) is 2.67. The van der Waals surface area contributed by atoms with Crippen molar-refractivity contribution in [3.8, 4) is 5.75 Å². The number of anilines is 4. The summed E-state index contributed by atoms with van der Waals surface area (Å²) in [5.74, 6) is 2.18. The van der Waals surface area contributed by atoms with Gasteiger partial charge in [0.25, 0.3) is 0 Å². The minimum atomic E-state index is 0.672. The highest BCUT2D eigenvalue weighted by atomic mass is 16.5. The third-order valence-corrected chi connectivity index (χ3v) is 3.84. The number of nitrogens with zero attached hydrogens (tertiary/aromatic N) is 3. The molecule has 0 spiro atoms. The highest BCUT2D eigenvalue weighted by Crippen LogP contribution is 2.28. The van der Waals surface area contributed by atoms with E-state index in [1.807, 2.05) is 55.5 Å². The molecular weight excluding hydrogens is 312 g/mol. The van der Waals surface area contributed by atoms with Gasteiger partial charge in [0, 0.05) is 24.0 Å². The fraction of sp³-hybridized carbons (Fsp3) is 0.200. The van der Waals surface area contributed by atoms with Crippen LogP contribution in [0.2, 0.25) is 0 Å². The number of aryl methyl sites for hydroxylation is 1. The lowest BCUT2D eigenvalue weighted by atomic mass is 10.3. The molecule has 5 heteroatoms. The average molecular weight is 334 g/mol. The topological polar surface area (TPSA) is 50.3 Å². The van der Waals surface area contributed by atoms with Crippen molar-refractivity contribution in [2.24, 2.45) is 0 Å². The number of aromatic nitrogens is 2. The van der Waals surface area contributed by atoms with Gasteiger partial charge in [0.15, 0.2) is 0 Å². The summed E-state index contributed by atoms with van der Waals surface area (Å²) in [6.45, 7) is 4.84.